The highest BCUT2D eigenvalue weighted by Gasteiger charge is 2.76. The second-order valence-electron chi connectivity index (χ2n) is 15.1. The van der Waals surface area contributed by atoms with Gasteiger partial charge in [0.05, 0.1) is 34.0 Å². The van der Waals surface area contributed by atoms with Crippen LogP contribution in [0.15, 0.2) is 30.3 Å². The third-order valence-electron chi connectivity index (χ3n) is 9.31. The molecule has 3 aliphatic heterocycles. The molecule has 3 heterocycles. The van der Waals surface area contributed by atoms with E-state index < -0.39 is 96.4 Å². The van der Waals surface area contributed by atoms with Gasteiger partial charge in [-0.25, -0.2) is 8.78 Å². The number of rotatable bonds is 7. The summed E-state index contributed by atoms with van der Waals surface area (Å²) in [6.45, 7) is 6.83. The van der Waals surface area contributed by atoms with Crippen LogP contribution in [-0.2, 0) is 43.7 Å². The van der Waals surface area contributed by atoms with Gasteiger partial charge in [0.15, 0.2) is 6.73 Å². The molecule has 52 heavy (non-hydrogen) atoms. The summed E-state index contributed by atoms with van der Waals surface area (Å²) in [7, 11) is 1.34. The minimum absolute atomic E-state index is 0.0151. The number of carbonyl (C=O) groups excluding carboxylic acids is 5. The fourth-order valence-electron chi connectivity index (χ4n) is 6.96. The number of fused-ring (bicyclic) bond motifs is 4. The Morgan fingerprint density at radius 2 is 1.42 bits per heavy atom. The molecule has 17 heteroatoms. The second-order valence-corrected chi connectivity index (χ2v) is 16.9. The zero-order valence-corrected chi connectivity index (χ0v) is 32.3. The highest BCUT2D eigenvalue weighted by molar-refractivity contribution is 6.38. The Hall–Kier alpha value is -3.23. The number of anilines is 2. The van der Waals surface area contributed by atoms with E-state index in [9.17, 15) is 19.2 Å². The number of amides is 2. The summed E-state index contributed by atoms with van der Waals surface area (Å²) >= 11 is 25.6. The van der Waals surface area contributed by atoms with Crippen LogP contribution in [0.25, 0.3) is 0 Å². The molecule has 5 rings (SSSR count). The summed E-state index contributed by atoms with van der Waals surface area (Å²) in [6, 6.07) is 5.43. The lowest BCUT2D eigenvalue weighted by Gasteiger charge is -2.37. The second kappa shape index (κ2) is 13.9. The number of halogens is 6. The molecule has 2 fully saturated rings. The lowest BCUT2D eigenvalue weighted by Crippen LogP contribution is -2.57. The molecule has 282 valence electrons. The Kier molecular flexibility index (Phi) is 10.7. The van der Waals surface area contributed by atoms with Crippen LogP contribution in [0.4, 0.5) is 20.2 Å². The Bertz CT molecular complexity index is 1830. The molecule has 2 aromatic rings. The van der Waals surface area contributed by atoms with Crippen LogP contribution in [0.5, 0.6) is 0 Å². The molecule has 0 aromatic heterocycles. The largest absolute Gasteiger partial charge is 0.443 e. The standard InChI is InChI=1S/C35H37Cl4F2N3O8/c1-32(2,3)30(48)50-15-43-26-21(11-19(38)12-22(26)39)35(29(43)47)25(28(46)51-16-52-31(49)33(4,5)6)24(23-13-34(40,41)14-44(23)35)27(45)42(7)20-9-17(36)8-18(37)10-20/h8-12,23-25H,13-16H2,1-7H3/t23-,24+,25-,35+/m1/s1. The molecule has 0 radical (unpaired) electrons. The fourth-order valence-corrected chi connectivity index (χ4v) is 8.07. The minimum atomic E-state index is -3.43. The van der Waals surface area contributed by atoms with Gasteiger partial charge >= 0.3 is 17.9 Å². The van der Waals surface area contributed by atoms with E-state index in [2.05, 4.69) is 0 Å². The number of ether oxygens (including phenoxy) is 3. The van der Waals surface area contributed by atoms with Gasteiger partial charge in [-0.1, -0.05) is 46.4 Å². The molecule has 0 bridgehead atoms. The van der Waals surface area contributed by atoms with Crippen LogP contribution < -0.4 is 9.80 Å². The monoisotopic (exact) mass is 805 g/mol. The van der Waals surface area contributed by atoms with E-state index in [1.54, 1.807) is 41.5 Å². The first-order valence-corrected chi connectivity index (χ1v) is 17.6. The smallest absolute Gasteiger partial charge is 0.315 e. The van der Waals surface area contributed by atoms with Crippen molar-refractivity contribution in [3.63, 3.8) is 0 Å². The van der Waals surface area contributed by atoms with Crippen molar-refractivity contribution in [2.75, 3.05) is 36.9 Å². The molecular formula is C35H37Cl4F2N3O8. The number of benzene rings is 2. The van der Waals surface area contributed by atoms with Gasteiger partial charge in [-0.3, -0.25) is 33.8 Å². The van der Waals surface area contributed by atoms with E-state index in [1.165, 1.54) is 37.4 Å². The molecule has 0 aliphatic carbocycles. The van der Waals surface area contributed by atoms with Crippen molar-refractivity contribution < 1.29 is 47.0 Å². The van der Waals surface area contributed by atoms with Gasteiger partial charge in [-0.05, 0) is 71.9 Å². The summed E-state index contributed by atoms with van der Waals surface area (Å²) in [6.07, 6.45) is -0.923. The van der Waals surface area contributed by atoms with Gasteiger partial charge in [0.25, 0.3) is 11.8 Å². The van der Waals surface area contributed by atoms with Crippen LogP contribution in [0.2, 0.25) is 20.1 Å². The first-order valence-electron chi connectivity index (χ1n) is 16.1. The van der Waals surface area contributed by atoms with Crippen LogP contribution in [0.3, 0.4) is 0 Å². The normalized spacial score (nSPS) is 23.8. The van der Waals surface area contributed by atoms with Gasteiger partial charge in [0.2, 0.25) is 12.7 Å². The van der Waals surface area contributed by atoms with Crippen molar-refractivity contribution in [1.29, 1.82) is 0 Å². The average Bonchev–Trinajstić information content (AvgIpc) is 3.56. The Labute approximate surface area is 319 Å². The fraction of sp³-hybridized carbons (Fsp3) is 0.514. The summed E-state index contributed by atoms with van der Waals surface area (Å²) in [5, 5.41) is 0.202. The summed E-state index contributed by atoms with van der Waals surface area (Å²) in [4.78, 5) is 72.8. The summed E-state index contributed by atoms with van der Waals surface area (Å²) in [5.74, 6) is -11.4. The number of hydrogen-bond donors (Lipinski definition) is 0. The zero-order valence-electron chi connectivity index (χ0n) is 29.3. The van der Waals surface area contributed by atoms with E-state index in [-0.39, 0.29) is 37.0 Å². The molecule has 2 saturated heterocycles. The van der Waals surface area contributed by atoms with E-state index in [0.717, 1.165) is 14.7 Å². The Balaban J connectivity index is 1.71. The molecular weight excluding hydrogens is 770 g/mol. The van der Waals surface area contributed by atoms with Gasteiger partial charge in [0.1, 0.15) is 11.5 Å². The van der Waals surface area contributed by atoms with Crippen LogP contribution in [0.1, 0.15) is 53.5 Å². The highest BCUT2D eigenvalue weighted by Crippen LogP contribution is 2.63. The Morgan fingerprint density at radius 1 is 0.865 bits per heavy atom. The topological polar surface area (TPSA) is 123 Å². The van der Waals surface area contributed by atoms with E-state index in [1.807, 2.05) is 0 Å². The lowest BCUT2D eigenvalue weighted by atomic mass is 9.73. The SMILES string of the molecule is CN(C(=O)[C@H]1[C@H]2CC(F)(F)CN2[C@]2(C(=O)N(COC(=O)C(C)(C)C)c3c(Cl)cc(Cl)cc32)[C@H]1C(=O)OCOC(=O)C(C)(C)C)c1cc(Cl)cc(Cl)c1. The van der Waals surface area contributed by atoms with Gasteiger partial charge in [-0.15, -0.1) is 0 Å². The zero-order chi connectivity index (χ0) is 38.9. The highest BCUT2D eigenvalue weighted by atomic mass is 35.5. The molecule has 1 spiro atoms. The number of carbonyl (C=O) groups is 5. The summed E-state index contributed by atoms with van der Waals surface area (Å²) < 4.78 is 47.4. The number of alkyl halides is 2. The predicted octanol–water partition coefficient (Wildman–Crippen LogP) is 7.10. The van der Waals surface area contributed by atoms with Crippen molar-refractivity contribution in [1.82, 2.24) is 4.90 Å². The van der Waals surface area contributed by atoms with Gasteiger partial charge in [-0.2, -0.15) is 0 Å². The number of hydrogen-bond acceptors (Lipinski definition) is 9. The van der Waals surface area contributed by atoms with E-state index >= 15 is 13.6 Å². The molecule has 11 nitrogen and oxygen atoms in total. The molecule has 3 aliphatic rings. The third kappa shape index (κ3) is 7.06. The number of nitrogens with zero attached hydrogens (tertiary/aromatic N) is 3. The molecule has 2 amide bonds. The van der Waals surface area contributed by atoms with Gasteiger partial charge < -0.3 is 19.1 Å². The van der Waals surface area contributed by atoms with Crippen molar-refractivity contribution in [2.45, 2.75) is 65.5 Å². The van der Waals surface area contributed by atoms with Crippen molar-refractivity contribution in [3.05, 3.63) is 56.0 Å². The van der Waals surface area contributed by atoms with Crippen LogP contribution in [0, 0.1) is 22.7 Å². The predicted molar refractivity (Wildman–Crippen MR) is 189 cm³/mol. The van der Waals surface area contributed by atoms with E-state index in [0.29, 0.717) is 0 Å². The van der Waals surface area contributed by atoms with Crippen molar-refractivity contribution in [2.24, 2.45) is 22.7 Å². The average molecular weight is 808 g/mol. The molecule has 0 unspecified atom stereocenters. The maximum absolute atomic E-state index is 15.6. The van der Waals surface area contributed by atoms with Crippen LogP contribution in [-0.4, -0.2) is 73.7 Å². The maximum Gasteiger partial charge on any atom is 0.315 e. The first kappa shape index (κ1) is 40.0. The molecule has 0 saturated carbocycles. The van der Waals surface area contributed by atoms with Gasteiger partial charge in [0, 0.05) is 45.8 Å². The van der Waals surface area contributed by atoms with Crippen molar-refractivity contribution >= 4 is 87.5 Å². The lowest BCUT2D eigenvalue weighted by molar-refractivity contribution is -0.180. The minimum Gasteiger partial charge on any atom is -0.443 e. The maximum atomic E-state index is 15.6. The van der Waals surface area contributed by atoms with Crippen molar-refractivity contribution in [3.8, 4) is 0 Å². The molecule has 0 N–H and O–H groups in total. The van der Waals surface area contributed by atoms with E-state index in [4.69, 9.17) is 60.6 Å². The Morgan fingerprint density at radius 3 is 2.00 bits per heavy atom. The molecule has 4 atom stereocenters. The summed E-state index contributed by atoms with van der Waals surface area (Å²) in [5.41, 5.74) is -4.33. The first-order chi connectivity index (χ1) is 23.9. The number of esters is 3. The quantitative estimate of drug-likeness (QED) is 0.213. The molecule has 2 aromatic carbocycles. The third-order valence-corrected chi connectivity index (χ3v) is 10.3. The van der Waals surface area contributed by atoms with Crippen LogP contribution >= 0.6 is 46.4 Å².